The number of nitrogens with zero attached hydrogens (tertiary/aromatic N) is 4. The summed E-state index contributed by atoms with van der Waals surface area (Å²) in [5.41, 5.74) is 2.05. The highest BCUT2D eigenvalue weighted by Gasteiger charge is 2.27. The number of rotatable bonds is 3. The van der Waals surface area contributed by atoms with Crippen LogP contribution in [-0.4, -0.2) is 47.0 Å². The van der Waals surface area contributed by atoms with E-state index in [-0.39, 0.29) is 5.91 Å². The highest BCUT2D eigenvalue weighted by atomic mass is 32.1. The van der Waals surface area contributed by atoms with Gasteiger partial charge in [0.2, 0.25) is 0 Å². The van der Waals surface area contributed by atoms with Crippen LogP contribution < -0.4 is 4.90 Å². The highest BCUT2D eigenvalue weighted by molar-refractivity contribution is 7.12. The molecule has 3 rings (SSSR count). The van der Waals surface area contributed by atoms with Crippen molar-refractivity contribution in [1.82, 2.24) is 14.9 Å². The van der Waals surface area contributed by atoms with Gasteiger partial charge in [0.15, 0.2) is 0 Å². The predicted octanol–water partition coefficient (Wildman–Crippen LogP) is 2.90. The van der Waals surface area contributed by atoms with E-state index in [0.29, 0.717) is 6.04 Å². The lowest BCUT2D eigenvalue weighted by molar-refractivity contribution is 0.0717. The molecule has 0 saturated carbocycles. The van der Waals surface area contributed by atoms with Crippen molar-refractivity contribution >= 4 is 23.1 Å². The molecule has 0 N–H and O–H groups in total. The summed E-state index contributed by atoms with van der Waals surface area (Å²) in [7, 11) is 2.08. The summed E-state index contributed by atoms with van der Waals surface area (Å²) in [6, 6.07) is 4.43. The van der Waals surface area contributed by atoms with Crippen molar-refractivity contribution in [3.63, 3.8) is 0 Å². The number of hydrogen-bond donors (Lipinski definition) is 0. The number of amides is 1. The first-order valence-corrected chi connectivity index (χ1v) is 8.79. The molecule has 0 unspecified atom stereocenters. The minimum Gasteiger partial charge on any atom is -0.356 e. The molecule has 1 amide bonds. The average molecular weight is 330 g/mol. The molecular weight excluding hydrogens is 308 g/mol. The zero-order valence-corrected chi connectivity index (χ0v) is 14.6. The number of likely N-dealkylation sites (tertiary alicyclic amines) is 1. The first-order valence-electron chi connectivity index (χ1n) is 7.91. The highest BCUT2D eigenvalue weighted by Crippen LogP contribution is 2.24. The van der Waals surface area contributed by atoms with Gasteiger partial charge in [-0.1, -0.05) is 0 Å². The number of hydrogen-bond acceptors (Lipinski definition) is 5. The second-order valence-corrected chi connectivity index (χ2v) is 7.00. The monoisotopic (exact) mass is 330 g/mol. The molecule has 2 aromatic heterocycles. The van der Waals surface area contributed by atoms with Crippen LogP contribution in [0.1, 0.15) is 33.8 Å². The van der Waals surface area contributed by atoms with Crippen LogP contribution >= 0.6 is 11.3 Å². The molecule has 1 fully saturated rings. The smallest absolute Gasteiger partial charge is 0.264 e. The quantitative estimate of drug-likeness (QED) is 0.868. The molecule has 0 bridgehead atoms. The van der Waals surface area contributed by atoms with E-state index < -0.39 is 0 Å². The average Bonchev–Trinajstić information content (AvgIpc) is 3.00. The van der Waals surface area contributed by atoms with Crippen LogP contribution in [0.15, 0.2) is 23.8 Å². The topological polar surface area (TPSA) is 49.3 Å². The number of piperidine rings is 1. The van der Waals surface area contributed by atoms with E-state index in [1.807, 2.05) is 36.3 Å². The normalized spacial score (nSPS) is 15.7. The van der Waals surface area contributed by atoms with Crippen molar-refractivity contribution in [2.75, 3.05) is 25.0 Å². The molecule has 0 atom stereocenters. The van der Waals surface area contributed by atoms with Crippen LogP contribution in [-0.2, 0) is 0 Å². The summed E-state index contributed by atoms with van der Waals surface area (Å²) in [4.78, 5) is 26.2. The maximum atomic E-state index is 12.6. The molecule has 0 aromatic carbocycles. The van der Waals surface area contributed by atoms with Crippen LogP contribution in [0.2, 0.25) is 0 Å². The van der Waals surface area contributed by atoms with E-state index >= 15 is 0 Å². The Bertz CT molecular complexity index is 691. The molecule has 0 aliphatic carbocycles. The molecule has 1 aliphatic heterocycles. The van der Waals surface area contributed by atoms with Gasteiger partial charge in [0, 0.05) is 37.9 Å². The van der Waals surface area contributed by atoms with Gasteiger partial charge >= 0.3 is 0 Å². The molecule has 122 valence electrons. The lowest BCUT2D eigenvalue weighted by Crippen LogP contribution is -2.45. The van der Waals surface area contributed by atoms with Crippen LogP contribution in [0.3, 0.4) is 0 Å². The summed E-state index contributed by atoms with van der Waals surface area (Å²) in [5.74, 6) is 1.13. The molecule has 23 heavy (non-hydrogen) atoms. The zero-order valence-electron chi connectivity index (χ0n) is 13.8. The predicted molar refractivity (Wildman–Crippen MR) is 93.2 cm³/mol. The van der Waals surface area contributed by atoms with E-state index in [9.17, 15) is 4.79 Å². The number of aryl methyl sites for hydroxylation is 2. The van der Waals surface area contributed by atoms with Gasteiger partial charge in [-0.15, -0.1) is 11.3 Å². The molecule has 0 radical (unpaired) electrons. The van der Waals surface area contributed by atoms with Gasteiger partial charge in [-0.05, 0) is 43.7 Å². The van der Waals surface area contributed by atoms with Crippen molar-refractivity contribution in [3.05, 3.63) is 40.0 Å². The standard InChI is InChI=1S/C17H22N4OS/c1-12-6-9-23-16(12)17(22)21-7-4-14(5-8-21)20(3)15-10-13(2)18-11-19-15/h6,9-11,14H,4-5,7-8H2,1-3H3. The summed E-state index contributed by atoms with van der Waals surface area (Å²) >= 11 is 1.54. The molecule has 0 spiro atoms. The molecule has 3 heterocycles. The first-order chi connectivity index (χ1) is 11.1. The van der Waals surface area contributed by atoms with Gasteiger partial charge < -0.3 is 9.80 Å². The van der Waals surface area contributed by atoms with Gasteiger partial charge in [-0.25, -0.2) is 9.97 Å². The Kier molecular flexibility index (Phi) is 4.61. The summed E-state index contributed by atoms with van der Waals surface area (Å²) in [5, 5.41) is 1.99. The van der Waals surface area contributed by atoms with Crippen LogP contribution in [0, 0.1) is 13.8 Å². The van der Waals surface area contributed by atoms with Crippen molar-refractivity contribution in [1.29, 1.82) is 0 Å². The fraction of sp³-hybridized carbons (Fsp3) is 0.471. The number of aromatic nitrogens is 2. The number of anilines is 1. The van der Waals surface area contributed by atoms with Crippen molar-refractivity contribution in [3.8, 4) is 0 Å². The fourth-order valence-corrected chi connectivity index (χ4v) is 3.90. The lowest BCUT2D eigenvalue weighted by atomic mass is 10.0. The Hall–Kier alpha value is -1.95. The molecular formula is C17H22N4OS. The van der Waals surface area contributed by atoms with Crippen molar-refractivity contribution in [2.24, 2.45) is 0 Å². The molecule has 5 nitrogen and oxygen atoms in total. The first kappa shape index (κ1) is 15.9. The SMILES string of the molecule is Cc1cc(N(C)C2CCN(C(=O)c3sccc3C)CC2)ncn1. The lowest BCUT2D eigenvalue weighted by Gasteiger charge is -2.37. The Balaban J connectivity index is 1.62. The molecule has 1 saturated heterocycles. The summed E-state index contributed by atoms with van der Waals surface area (Å²) in [6.07, 6.45) is 3.55. The van der Waals surface area contributed by atoms with E-state index in [1.54, 1.807) is 6.33 Å². The Labute approximate surface area is 141 Å². The van der Waals surface area contributed by atoms with E-state index in [1.165, 1.54) is 11.3 Å². The second kappa shape index (κ2) is 6.66. The number of carbonyl (C=O) groups is 1. The van der Waals surface area contributed by atoms with Gasteiger partial charge in [0.05, 0.1) is 4.88 Å². The largest absolute Gasteiger partial charge is 0.356 e. The molecule has 6 heteroatoms. The number of thiophene rings is 1. The Morgan fingerprint density at radius 1 is 1.30 bits per heavy atom. The van der Waals surface area contributed by atoms with Gasteiger partial charge in [0.25, 0.3) is 5.91 Å². The second-order valence-electron chi connectivity index (χ2n) is 6.08. The van der Waals surface area contributed by atoms with Crippen LogP contribution in [0.5, 0.6) is 0 Å². The summed E-state index contributed by atoms with van der Waals surface area (Å²) in [6.45, 7) is 5.58. The van der Waals surface area contributed by atoms with Gasteiger partial charge in [-0.3, -0.25) is 4.79 Å². The van der Waals surface area contributed by atoms with Gasteiger partial charge in [0.1, 0.15) is 12.1 Å². The van der Waals surface area contributed by atoms with Crippen molar-refractivity contribution < 1.29 is 4.79 Å². The Morgan fingerprint density at radius 2 is 2.04 bits per heavy atom. The van der Waals surface area contributed by atoms with Crippen LogP contribution in [0.25, 0.3) is 0 Å². The maximum Gasteiger partial charge on any atom is 0.264 e. The number of carbonyl (C=O) groups excluding carboxylic acids is 1. The maximum absolute atomic E-state index is 12.6. The third-order valence-corrected chi connectivity index (χ3v) is 5.51. The van der Waals surface area contributed by atoms with Crippen LogP contribution in [0.4, 0.5) is 5.82 Å². The van der Waals surface area contributed by atoms with E-state index in [2.05, 4.69) is 21.9 Å². The van der Waals surface area contributed by atoms with E-state index in [0.717, 1.165) is 47.9 Å². The zero-order chi connectivity index (χ0) is 16.4. The van der Waals surface area contributed by atoms with Gasteiger partial charge in [-0.2, -0.15) is 0 Å². The Morgan fingerprint density at radius 3 is 2.65 bits per heavy atom. The minimum absolute atomic E-state index is 0.177. The van der Waals surface area contributed by atoms with Crippen molar-refractivity contribution in [2.45, 2.75) is 32.7 Å². The fourth-order valence-electron chi connectivity index (χ4n) is 3.01. The summed E-state index contributed by atoms with van der Waals surface area (Å²) < 4.78 is 0. The third kappa shape index (κ3) is 3.37. The molecule has 1 aliphatic rings. The third-order valence-electron chi connectivity index (χ3n) is 4.51. The minimum atomic E-state index is 0.177. The van der Waals surface area contributed by atoms with E-state index in [4.69, 9.17) is 0 Å². The molecule has 2 aromatic rings.